The van der Waals surface area contributed by atoms with Crippen molar-refractivity contribution in [1.29, 1.82) is 0 Å². The van der Waals surface area contributed by atoms with E-state index in [1.54, 1.807) is 6.07 Å². The molecule has 1 aliphatic rings. The fourth-order valence-electron chi connectivity index (χ4n) is 2.60. The molecule has 0 amide bonds. The van der Waals surface area contributed by atoms with Crippen LogP contribution in [-0.2, 0) is 26.5 Å². The van der Waals surface area contributed by atoms with Gasteiger partial charge >= 0.3 is 0 Å². The van der Waals surface area contributed by atoms with E-state index in [-0.39, 0.29) is 21.6 Å². The Bertz CT molecular complexity index is 1050. The second-order valence-corrected chi connectivity index (χ2v) is 9.82. The lowest BCUT2D eigenvalue weighted by Gasteiger charge is -2.12. The number of fused-ring (bicyclic) bond motifs is 1. The van der Waals surface area contributed by atoms with E-state index < -0.39 is 20.0 Å². The van der Waals surface area contributed by atoms with E-state index in [1.165, 1.54) is 30.3 Å². The number of rotatable bonds is 4. The third-order valence-corrected chi connectivity index (χ3v) is 6.50. The number of hydrogen-bond acceptors (Lipinski definition) is 5. The van der Waals surface area contributed by atoms with Crippen molar-refractivity contribution >= 4 is 41.7 Å². The molecule has 0 saturated carbocycles. The van der Waals surface area contributed by atoms with Crippen LogP contribution in [0, 0.1) is 0 Å². The fraction of sp³-hybridized carbons (Fsp3) is 0.200. The third kappa shape index (κ3) is 3.81. The molecule has 0 bridgehead atoms. The summed E-state index contributed by atoms with van der Waals surface area (Å²) in [7, 11) is -8.09. The van der Waals surface area contributed by atoms with Crippen LogP contribution in [0.4, 0.5) is 5.69 Å². The SMILES string of the molecule is C[C@@H]1Cc2cc(S(=O)(=O)Nc3cc(Br)ccc3S(N)(=O)=O)ccc2O1. The number of nitrogens with two attached hydrogens (primary N) is 1. The maximum absolute atomic E-state index is 12.7. The van der Waals surface area contributed by atoms with Crippen LogP contribution in [0.5, 0.6) is 5.75 Å². The van der Waals surface area contributed by atoms with E-state index in [0.717, 1.165) is 5.56 Å². The predicted molar refractivity (Wildman–Crippen MR) is 96.6 cm³/mol. The highest BCUT2D eigenvalue weighted by atomic mass is 79.9. The van der Waals surface area contributed by atoms with Crippen molar-refractivity contribution in [2.24, 2.45) is 5.14 Å². The van der Waals surface area contributed by atoms with Crippen LogP contribution in [0.15, 0.2) is 50.7 Å². The molecule has 3 N–H and O–H groups in total. The molecule has 7 nitrogen and oxygen atoms in total. The van der Waals surface area contributed by atoms with Crippen molar-refractivity contribution in [3.8, 4) is 5.75 Å². The van der Waals surface area contributed by atoms with Crippen LogP contribution in [0.25, 0.3) is 0 Å². The maximum atomic E-state index is 12.7. The zero-order valence-corrected chi connectivity index (χ0v) is 16.3. The average molecular weight is 447 g/mol. The molecule has 3 rings (SSSR count). The molecular weight excluding hydrogens is 432 g/mol. The highest BCUT2D eigenvalue weighted by Gasteiger charge is 2.24. The van der Waals surface area contributed by atoms with Gasteiger partial charge in [0.15, 0.2) is 0 Å². The van der Waals surface area contributed by atoms with Crippen LogP contribution in [0.1, 0.15) is 12.5 Å². The largest absolute Gasteiger partial charge is 0.490 e. The molecule has 1 heterocycles. The summed E-state index contributed by atoms with van der Waals surface area (Å²) >= 11 is 3.19. The molecule has 2 aromatic carbocycles. The van der Waals surface area contributed by atoms with E-state index in [1.807, 2.05) is 6.92 Å². The van der Waals surface area contributed by atoms with E-state index in [0.29, 0.717) is 16.6 Å². The van der Waals surface area contributed by atoms with Crippen LogP contribution in [-0.4, -0.2) is 22.9 Å². The molecule has 0 unspecified atom stereocenters. The van der Waals surface area contributed by atoms with E-state index in [4.69, 9.17) is 9.88 Å². The number of anilines is 1. The van der Waals surface area contributed by atoms with Crippen molar-refractivity contribution in [2.45, 2.75) is 29.2 Å². The Morgan fingerprint density at radius 2 is 1.88 bits per heavy atom. The molecule has 2 aromatic rings. The summed E-state index contributed by atoms with van der Waals surface area (Å²) in [6.07, 6.45) is 0.595. The molecule has 10 heteroatoms. The Kier molecular flexibility index (Phi) is 4.56. The third-order valence-electron chi connectivity index (χ3n) is 3.67. The first kappa shape index (κ1) is 18.2. The van der Waals surface area contributed by atoms with Crippen LogP contribution in [0.2, 0.25) is 0 Å². The molecule has 0 aliphatic carbocycles. The molecule has 0 spiro atoms. The standard InChI is InChI=1S/C15H15BrN2O5S2/c1-9-6-10-7-12(3-4-14(10)23-9)25(21,22)18-13-8-11(16)2-5-15(13)24(17,19)20/h2-5,7-9,18H,6H2,1H3,(H2,17,19,20)/t9-/m1/s1. The summed E-state index contributed by atoms with van der Waals surface area (Å²) in [6.45, 7) is 1.90. The summed E-state index contributed by atoms with van der Waals surface area (Å²) in [5.41, 5.74) is 0.665. The monoisotopic (exact) mass is 446 g/mol. The Balaban J connectivity index is 2.01. The summed E-state index contributed by atoms with van der Waals surface area (Å²) in [5, 5.41) is 5.16. The number of ether oxygens (including phenoxy) is 1. The predicted octanol–water partition coefficient (Wildman–Crippen LogP) is 2.22. The number of benzene rings is 2. The molecular formula is C15H15BrN2O5S2. The van der Waals surface area contributed by atoms with Gasteiger partial charge < -0.3 is 4.74 Å². The minimum atomic E-state index is -4.09. The van der Waals surface area contributed by atoms with Crippen molar-refractivity contribution in [3.63, 3.8) is 0 Å². The van der Waals surface area contributed by atoms with Crippen molar-refractivity contribution in [3.05, 3.63) is 46.4 Å². The lowest BCUT2D eigenvalue weighted by molar-refractivity contribution is 0.254. The Morgan fingerprint density at radius 3 is 2.56 bits per heavy atom. The van der Waals surface area contributed by atoms with Gasteiger partial charge in [0, 0.05) is 10.9 Å². The van der Waals surface area contributed by atoms with Crippen molar-refractivity contribution in [1.82, 2.24) is 0 Å². The lowest BCUT2D eigenvalue weighted by atomic mass is 10.1. The molecule has 25 heavy (non-hydrogen) atoms. The summed E-state index contributed by atoms with van der Waals surface area (Å²) in [4.78, 5) is -0.290. The van der Waals surface area contributed by atoms with Gasteiger partial charge in [0.25, 0.3) is 10.0 Å². The summed E-state index contributed by atoms with van der Waals surface area (Å²) in [5.74, 6) is 0.652. The highest BCUT2D eigenvalue weighted by Crippen LogP contribution is 2.32. The van der Waals surface area contributed by atoms with E-state index in [9.17, 15) is 16.8 Å². The minimum absolute atomic E-state index is 0.0139. The van der Waals surface area contributed by atoms with Gasteiger partial charge in [-0.2, -0.15) is 0 Å². The zero-order valence-electron chi connectivity index (χ0n) is 13.1. The smallest absolute Gasteiger partial charge is 0.261 e. The van der Waals surface area contributed by atoms with Gasteiger partial charge in [-0.15, -0.1) is 0 Å². The van der Waals surface area contributed by atoms with Gasteiger partial charge in [-0.1, -0.05) is 15.9 Å². The minimum Gasteiger partial charge on any atom is -0.490 e. The van der Waals surface area contributed by atoms with Crippen LogP contribution in [0.3, 0.4) is 0 Å². The first-order valence-corrected chi connectivity index (χ1v) is 11.0. The molecule has 134 valence electrons. The van der Waals surface area contributed by atoms with Crippen LogP contribution >= 0.6 is 15.9 Å². The lowest BCUT2D eigenvalue weighted by Crippen LogP contribution is -2.19. The first-order chi connectivity index (χ1) is 11.6. The quantitative estimate of drug-likeness (QED) is 0.746. The maximum Gasteiger partial charge on any atom is 0.261 e. The summed E-state index contributed by atoms with van der Waals surface area (Å²) < 4.78 is 57.1. The fourth-order valence-corrected chi connectivity index (χ4v) is 4.82. The van der Waals surface area contributed by atoms with Gasteiger partial charge in [-0.05, 0) is 48.9 Å². The van der Waals surface area contributed by atoms with Gasteiger partial charge in [-0.25, -0.2) is 22.0 Å². The van der Waals surface area contributed by atoms with Crippen molar-refractivity contribution < 1.29 is 21.6 Å². The van der Waals surface area contributed by atoms with E-state index >= 15 is 0 Å². The number of primary sulfonamides is 1. The number of halogens is 1. The normalized spacial score (nSPS) is 17.0. The second-order valence-electron chi connectivity index (χ2n) is 5.69. The number of sulfonamides is 2. The molecule has 1 aliphatic heterocycles. The summed E-state index contributed by atoms with van der Waals surface area (Å²) in [6, 6.07) is 8.56. The highest BCUT2D eigenvalue weighted by molar-refractivity contribution is 9.10. The van der Waals surface area contributed by atoms with Crippen LogP contribution < -0.4 is 14.6 Å². The van der Waals surface area contributed by atoms with Crippen molar-refractivity contribution in [2.75, 3.05) is 4.72 Å². The molecule has 0 saturated heterocycles. The zero-order chi connectivity index (χ0) is 18.4. The van der Waals surface area contributed by atoms with Gasteiger partial charge in [0.05, 0.1) is 10.6 Å². The molecule has 0 fully saturated rings. The van der Waals surface area contributed by atoms with Gasteiger partial charge in [0.1, 0.15) is 16.7 Å². The molecule has 0 radical (unpaired) electrons. The molecule has 1 atom stereocenters. The van der Waals surface area contributed by atoms with E-state index in [2.05, 4.69) is 20.7 Å². The second kappa shape index (κ2) is 6.27. The molecule has 0 aromatic heterocycles. The van der Waals surface area contributed by atoms with Gasteiger partial charge in [0.2, 0.25) is 10.0 Å². The van der Waals surface area contributed by atoms with Gasteiger partial charge in [-0.3, -0.25) is 4.72 Å². The number of nitrogens with one attached hydrogen (secondary N) is 1. The Labute approximate surface area is 154 Å². The average Bonchev–Trinajstić information content (AvgIpc) is 2.84. The number of hydrogen-bond donors (Lipinski definition) is 2. The Morgan fingerprint density at radius 1 is 1.16 bits per heavy atom. The topological polar surface area (TPSA) is 116 Å². The Hall–Kier alpha value is -1.62. The first-order valence-electron chi connectivity index (χ1n) is 7.21.